The zero-order valence-electron chi connectivity index (χ0n) is 12.9. The highest BCUT2D eigenvalue weighted by Gasteiger charge is 2.32. The molecule has 0 aliphatic carbocycles. The van der Waals surface area contributed by atoms with Crippen LogP contribution in [0, 0.1) is 0 Å². The van der Waals surface area contributed by atoms with Crippen molar-refractivity contribution in [1.82, 2.24) is 10.3 Å². The predicted molar refractivity (Wildman–Crippen MR) is 86.7 cm³/mol. The van der Waals surface area contributed by atoms with E-state index in [-0.39, 0.29) is 5.91 Å². The van der Waals surface area contributed by atoms with Gasteiger partial charge in [-0.15, -0.1) is 0 Å². The van der Waals surface area contributed by atoms with Crippen LogP contribution in [0.1, 0.15) is 33.6 Å². The maximum absolute atomic E-state index is 12.5. The highest BCUT2D eigenvalue weighted by Crippen LogP contribution is 2.21. The van der Waals surface area contributed by atoms with Gasteiger partial charge in [-0.2, -0.15) is 0 Å². The van der Waals surface area contributed by atoms with Crippen molar-refractivity contribution in [3.8, 4) is 0 Å². The van der Waals surface area contributed by atoms with E-state index in [9.17, 15) is 9.59 Å². The number of rotatable bonds is 2. The molecule has 1 aromatic heterocycles. The zero-order valence-corrected chi connectivity index (χ0v) is 14.5. The lowest BCUT2D eigenvalue weighted by atomic mass is 10.0. The number of carbonyl (C=O) groups excluding carboxylic acids is 2. The molecule has 0 saturated carbocycles. The van der Waals surface area contributed by atoms with E-state index in [0.29, 0.717) is 18.8 Å². The summed E-state index contributed by atoms with van der Waals surface area (Å²) in [5.74, 6) is 0.427. The number of hydrogen-bond acceptors (Lipinski definition) is 4. The van der Waals surface area contributed by atoms with Crippen LogP contribution >= 0.6 is 15.9 Å². The number of nitrogens with one attached hydrogen (secondary N) is 1. The van der Waals surface area contributed by atoms with Gasteiger partial charge in [0, 0.05) is 17.2 Å². The number of hydrogen-bond donors (Lipinski definition) is 1. The van der Waals surface area contributed by atoms with E-state index in [4.69, 9.17) is 4.74 Å². The first-order valence-electron chi connectivity index (χ1n) is 7.19. The first kappa shape index (κ1) is 16.7. The minimum absolute atomic E-state index is 0.160. The topological polar surface area (TPSA) is 71.5 Å². The first-order chi connectivity index (χ1) is 10.3. The Hall–Kier alpha value is -1.63. The molecule has 0 bridgehead atoms. The molecule has 0 radical (unpaired) electrons. The molecule has 1 fully saturated rings. The lowest BCUT2D eigenvalue weighted by Crippen LogP contribution is -2.53. The number of anilines is 1. The van der Waals surface area contributed by atoms with Crippen LogP contribution in [-0.2, 0) is 9.53 Å². The molecule has 1 aromatic rings. The van der Waals surface area contributed by atoms with E-state index in [2.05, 4.69) is 26.2 Å². The summed E-state index contributed by atoms with van der Waals surface area (Å²) in [6, 6.07) is 3.03. The third-order valence-corrected chi connectivity index (χ3v) is 3.59. The maximum Gasteiger partial charge on any atom is 0.408 e. The number of carbonyl (C=O) groups is 2. The van der Waals surface area contributed by atoms with Gasteiger partial charge in [0.15, 0.2) is 0 Å². The normalized spacial score (nSPS) is 19.0. The largest absolute Gasteiger partial charge is 0.444 e. The standard InChI is InChI=1S/C15H20BrN3O3/c1-15(2,3)22-14(21)18-11-5-4-8-19(13(11)20)12-7-6-10(16)9-17-12/h6-7,9,11H,4-5,8H2,1-3H3,(H,18,21)/t11-/m0/s1. The van der Waals surface area contributed by atoms with Gasteiger partial charge in [-0.25, -0.2) is 9.78 Å². The smallest absolute Gasteiger partial charge is 0.408 e. The fourth-order valence-electron chi connectivity index (χ4n) is 2.21. The maximum atomic E-state index is 12.5. The Balaban J connectivity index is 2.04. The predicted octanol–water partition coefficient (Wildman–Crippen LogP) is 2.86. The number of amides is 2. The monoisotopic (exact) mass is 369 g/mol. The molecule has 1 aliphatic rings. The van der Waals surface area contributed by atoms with Gasteiger partial charge in [0.25, 0.3) is 5.91 Å². The van der Waals surface area contributed by atoms with Gasteiger partial charge < -0.3 is 10.1 Å². The Bertz CT molecular complexity index is 554. The van der Waals surface area contributed by atoms with Crippen LogP contribution in [-0.4, -0.2) is 35.2 Å². The molecule has 1 saturated heterocycles. The molecule has 1 N–H and O–H groups in total. The summed E-state index contributed by atoms with van der Waals surface area (Å²) in [7, 11) is 0. The molecule has 120 valence electrons. The number of nitrogens with zero attached hydrogens (tertiary/aromatic N) is 2. The molecular weight excluding hydrogens is 350 g/mol. The van der Waals surface area contributed by atoms with E-state index in [1.54, 1.807) is 37.9 Å². The Kier molecular flexibility index (Phi) is 5.05. The summed E-state index contributed by atoms with van der Waals surface area (Å²) in [5, 5.41) is 2.65. The van der Waals surface area contributed by atoms with Crippen molar-refractivity contribution in [2.24, 2.45) is 0 Å². The Labute approximate surface area is 138 Å². The van der Waals surface area contributed by atoms with Crippen molar-refractivity contribution in [3.63, 3.8) is 0 Å². The van der Waals surface area contributed by atoms with E-state index >= 15 is 0 Å². The highest BCUT2D eigenvalue weighted by atomic mass is 79.9. The molecule has 1 aliphatic heterocycles. The number of pyridine rings is 1. The minimum atomic E-state index is -0.589. The Morgan fingerprint density at radius 1 is 1.45 bits per heavy atom. The molecule has 0 unspecified atom stereocenters. The third-order valence-electron chi connectivity index (χ3n) is 3.12. The van der Waals surface area contributed by atoms with Gasteiger partial charge in [0.2, 0.25) is 0 Å². The summed E-state index contributed by atoms with van der Waals surface area (Å²) < 4.78 is 6.05. The molecule has 2 rings (SSSR count). The van der Waals surface area contributed by atoms with Gasteiger partial charge in [-0.3, -0.25) is 9.69 Å². The molecule has 0 aromatic carbocycles. The lowest BCUT2D eigenvalue weighted by Gasteiger charge is -2.32. The fourth-order valence-corrected chi connectivity index (χ4v) is 2.45. The van der Waals surface area contributed by atoms with Crippen LogP contribution in [0.2, 0.25) is 0 Å². The Morgan fingerprint density at radius 3 is 2.77 bits per heavy atom. The van der Waals surface area contributed by atoms with Gasteiger partial charge >= 0.3 is 6.09 Å². The van der Waals surface area contributed by atoms with Gasteiger partial charge in [-0.05, 0) is 61.7 Å². The summed E-state index contributed by atoms with van der Waals surface area (Å²) in [4.78, 5) is 30.2. The molecular formula is C15H20BrN3O3. The minimum Gasteiger partial charge on any atom is -0.444 e. The van der Waals surface area contributed by atoms with Gasteiger partial charge in [-0.1, -0.05) is 0 Å². The molecule has 7 heteroatoms. The van der Waals surface area contributed by atoms with Crippen molar-refractivity contribution in [2.75, 3.05) is 11.4 Å². The van der Waals surface area contributed by atoms with Crippen molar-refractivity contribution in [2.45, 2.75) is 45.3 Å². The highest BCUT2D eigenvalue weighted by molar-refractivity contribution is 9.10. The zero-order chi connectivity index (χ0) is 16.3. The fraction of sp³-hybridized carbons (Fsp3) is 0.533. The second kappa shape index (κ2) is 6.64. The summed E-state index contributed by atoms with van der Waals surface area (Å²) in [5.41, 5.74) is -0.589. The number of piperidine rings is 1. The van der Waals surface area contributed by atoms with Gasteiger partial charge in [0.05, 0.1) is 0 Å². The van der Waals surface area contributed by atoms with Crippen LogP contribution in [0.3, 0.4) is 0 Å². The number of halogens is 1. The van der Waals surface area contributed by atoms with Crippen LogP contribution in [0.4, 0.5) is 10.6 Å². The number of aromatic nitrogens is 1. The van der Waals surface area contributed by atoms with Crippen molar-refractivity contribution in [1.29, 1.82) is 0 Å². The van der Waals surface area contributed by atoms with Crippen LogP contribution < -0.4 is 10.2 Å². The van der Waals surface area contributed by atoms with Crippen molar-refractivity contribution in [3.05, 3.63) is 22.8 Å². The van der Waals surface area contributed by atoms with E-state index in [1.165, 1.54) is 0 Å². The quantitative estimate of drug-likeness (QED) is 0.869. The van der Waals surface area contributed by atoms with Gasteiger partial charge in [0.1, 0.15) is 17.5 Å². The lowest BCUT2D eigenvalue weighted by molar-refractivity contribution is -0.121. The summed E-state index contributed by atoms with van der Waals surface area (Å²) >= 11 is 3.32. The second-order valence-corrected chi connectivity index (χ2v) is 7.08. The van der Waals surface area contributed by atoms with Crippen molar-refractivity contribution >= 4 is 33.7 Å². The average molecular weight is 370 g/mol. The summed E-state index contributed by atoms with van der Waals surface area (Å²) in [6.45, 7) is 5.95. The molecule has 2 heterocycles. The Morgan fingerprint density at radius 2 is 2.18 bits per heavy atom. The van der Waals surface area contributed by atoms with E-state index < -0.39 is 17.7 Å². The number of ether oxygens (including phenoxy) is 1. The van der Waals surface area contributed by atoms with E-state index in [0.717, 1.165) is 10.9 Å². The molecule has 2 amide bonds. The second-order valence-electron chi connectivity index (χ2n) is 6.17. The number of alkyl carbamates (subject to hydrolysis) is 1. The van der Waals surface area contributed by atoms with Crippen molar-refractivity contribution < 1.29 is 14.3 Å². The molecule has 1 atom stereocenters. The molecule has 0 spiro atoms. The average Bonchev–Trinajstić information content (AvgIpc) is 2.40. The molecule has 6 nitrogen and oxygen atoms in total. The van der Waals surface area contributed by atoms with Crippen LogP contribution in [0.25, 0.3) is 0 Å². The van der Waals surface area contributed by atoms with Crippen LogP contribution in [0.5, 0.6) is 0 Å². The SMILES string of the molecule is CC(C)(C)OC(=O)N[C@H]1CCCN(c2ccc(Br)cn2)C1=O. The third kappa shape index (κ3) is 4.43. The molecule has 22 heavy (non-hydrogen) atoms. The summed E-state index contributed by atoms with van der Waals surface area (Å²) in [6.07, 6.45) is 2.47. The van der Waals surface area contributed by atoms with Crippen LogP contribution in [0.15, 0.2) is 22.8 Å². The first-order valence-corrected chi connectivity index (χ1v) is 7.98. The van der Waals surface area contributed by atoms with E-state index in [1.807, 2.05) is 6.07 Å².